The molecule has 2 rings (SSSR count). The number of rotatable bonds is 6. The third-order valence-electron chi connectivity index (χ3n) is 3.97. The smallest absolute Gasteiger partial charge is 0.0711 e. The number of aromatic amines is 1. The first-order valence-corrected chi connectivity index (χ1v) is 7.46. The number of aryl methyl sites for hydroxylation is 1. The quantitative estimate of drug-likeness (QED) is 0.827. The first-order chi connectivity index (χ1) is 9.04. The van der Waals surface area contributed by atoms with Crippen molar-refractivity contribution >= 4 is 0 Å². The summed E-state index contributed by atoms with van der Waals surface area (Å²) in [6.45, 7) is 9.49. The molecule has 2 N–H and O–H groups in total. The Morgan fingerprint density at radius 2 is 2.26 bits per heavy atom. The molecule has 1 fully saturated rings. The van der Waals surface area contributed by atoms with Crippen molar-refractivity contribution in [3.8, 4) is 0 Å². The lowest BCUT2D eigenvalue weighted by Gasteiger charge is -2.15. The molecule has 1 aliphatic heterocycles. The SMILES string of the molecule is Cc1cc(C[C@@H]2CN(CCCC(C)C)C[C@H]2O)n[nH]1. The molecule has 2 heterocycles. The fraction of sp³-hybridized carbons (Fsp3) is 0.800. The minimum Gasteiger partial charge on any atom is -0.391 e. The summed E-state index contributed by atoms with van der Waals surface area (Å²) < 4.78 is 0. The molecule has 1 saturated heterocycles. The molecule has 4 nitrogen and oxygen atoms in total. The normalized spacial score (nSPS) is 24.5. The Labute approximate surface area is 116 Å². The van der Waals surface area contributed by atoms with Gasteiger partial charge in [-0.15, -0.1) is 0 Å². The van der Waals surface area contributed by atoms with Gasteiger partial charge in [0.15, 0.2) is 0 Å². The highest BCUT2D eigenvalue weighted by molar-refractivity contribution is 5.08. The van der Waals surface area contributed by atoms with Crippen LogP contribution in [0.3, 0.4) is 0 Å². The van der Waals surface area contributed by atoms with E-state index >= 15 is 0 Å². The Hall–Kier alpha value is -0.870. The lowest BCUT2D eigenvalue weighted by atomic mass is 10.0. The van der Waals surface area contributed by atoms with Gasteiger partial charge in [-0.3, -0.25) is 5.10 Å². The standard InChI is InChI=1S/C15H27N3O/c1-11(2)5-4-6-18-9-13(15(19)10-18)8-14-7-12(3)16-17-14/h7,11,13,15,19H,4-6,8-10H2,1-3H3,(H,16,17)/t13-,15-/m1/s1. The highest BCUT2D eigenvalue weighted by Gasteiger charge is 2.31. The monoisotopic (exact) mass is 265 g/mol. The van der Waals surface area contributed by atoms with Crippen molar-refractivity contribution < 1.29 is 5.11 Å². The molecule has 0 unspecified atom stereocenters. The lowest BCUT2D eigenvalue weighted by molar-refractivity contribution is 0.141. The minimum absolute atomic E-state index is 0.198. The molecule has 1 aromatic rings. The van der Waals surface area contributed by atoms with Crippen LogP contribution in [0.15, 0.2) is 6.07 Å². The van der Waals surface area contributed by atoms with E-state index in [0.29, 0.717) is 5.92 Å². The third kappa shape index (κ3) is 4.32. The molecular formula is C15H27N3O. The van der Waals surface area contributed by atoms with Gasteiger partial charge >= 0.3 is 0 Å². The van der Waals surface area contributed by atoms with E-state index in [9.17, 15) is 5.11 Å². The van der Waals surface area contributed by atoms with Crippen LogP contribution < -0.4 is 0 Å². The first-order valence-electron chi connectivity index (χ1n) is 7.46. The zero-order valence-corrected chi connectivity index (χ0v) is 12.4. The number of nitrogens with one attached hydrogen (secondary N) is 1. The number of hydrogen-bond donors (Lipinski definition) is 2. The minimum atomic E-state index is -0.198. The van der Waals surface area contributed by atoms with E-state index in [1.54, 1.807) is 0 Å². The number of H-pyrrole nitrogens is 1. The van der Waals surface area contributed by atoms with Gasteiger partial charge in [0, 0.05) is 24.7 Å². The number of β-amino-alcohol motifs (C(OH)–C–C–N with tert-alkyl or cyclic N) is 1. The van der Waals surface area contributed by atoms with Crippen LogP contribution in [0.4, 0.5) is 0 Å². The highest BCUT2D eigenvalue weighted by Crippen LogP contribution is 2.21. The second-order valence-corrected chi connectivity index (χ2v) is 6.37. The maximum Gasteiger partial charge on any atom is 0.0711 e. The molecule has 108 valence electrons. The molecule has 0 radical (unpaired) electrons. The zero-order chi connectivity index (χ0) is 13.8. The molecule has 0 spiro atoms. The highest BCUT2D eigenvalue weighted by atomic mass is 16.3. The van der Waals surface area contributed by atoms with Gasteiger partial charge in [0.1, 0.15) is 0 Å². The van der Waals surface area contributed by atoms with Crippen LogP contribution in [0.5, 0.6) is 0 Å². The van der Waals surface area contributed by atoms with Gasteiger partial charge < -0.3 is 10.0 Å². The Bertz CT molecular complexity index is 388. The van der Waals surface area contributed by atoms with Crippen molar-refractivity contribution in [2.45, 2.75) is 46.1 Å². The zero-order valence-electron chi connectivity index (χ0n) is 12.4. The van der Waals surface area contributed by atoms with E-state index in [1.807, 2.05) is 6.92 Å². The lowest BCUT2D eigenvalue weighted by Crippen LogP contribution is -2.23. The fourth-order valence-electron chi connectivity index (χ4n) is 2.90. The van der Waals surface area contributed by atoms with Crippen molar-refractivity contribution in [1.82, 2.24) is 15.1 Å². The van der Waals surface area contributed by atoms with E-state index in [1.165, 1.54) is 12.8 Å². The third-order valence-corrected chi connectivity index (χ3v) is 3.97. The van der Waals surface area contributed by atoms with Gasteiger partial charge in [-0.2, -0.15) is 5.10 Å². The topological polar surface area (TPSA) is 52.1 Å². The summed E-state index contributed by atoms with van der Waals surface area (Å²) in [6.07, 6.45) is 3.19. The van der Waals surface area contributed by atoms with Crippen LogP contribution in [-0.4, -0.2) is 45.9 Å². The molecule has 0 aliphatic carbocycles. The average molecular weight is 265 g/mol. The molecular weight excluding hydrogens is 238 g/mol. The van der Waals surface area contributed by atoms with Gasteiger partial charge in [-0.25, -0.2) is 0 Å². The summed E-state index contributed by atoms with van der Waals surface area (Å²) in [5.74, 6) is 1.11. The Morgan fingerprint density at radius 3 is 2.89 bits per heavy atom. The van der Waals surface area contributed by atoms with E-state index in [2.05, 4.69) is 35.0 Å². The summed E-state index contributed by atoms with van der Waals surface area (Å²) >= 11 is 0. The average Bonchev–Trinajstić information content (AvgIpc) is 2.87. The van der Waals surface area contributed by atoms with Gasteiger partial charge in [0.25, 0.3) is 0 Å². The van der Waals surface area contributed by atoms with Gasteiger partial charge in [-0.1, -0.05) is 13.8 Å². The van der Waals surface area contributed by atoms with Crippen molar-refractivity contribution in [1.29, 1.82) is 0 Å². The molecule has 0 bridgehead atoms. The predicted molar refractivity (Wildman–Crippen MR) is 77.0 cm³/mol. The summed E-state index contributed by atoms with van der Waals surface area (Å²) in [5, 5.41) is 17.4. The molecule has 4 heteroatoms. The number of aliphatic hydroxyl groups excluding tert-OH is 1. The second-order valence-electron chi connectivity index (χ2n) is 6.37. The second kappa shape index (κ2) is 6.53. The number of likely N-dealkylation sites (tertiary alicyclic amines) is 1. The van der Waals surface area contributed by atoms with Gasteiger partial charge in [0.05, 0.1) is 11.8 Å². The maximum absolute atomic E-state index is 10.2. The summed E-state index contributed by atoms with van der Waals surface area (Å²) in [7, 11) is 0. The van der Waals surface area contributed by atoms with Gasteiger partial charge in [0.2, 0.25) is 0 Å². The van der Waals surface area contributed by atoms with Crippen LogP contribution in [-0.2, 0) is 6.42 Å². The van der Waals surface area contributed by atoms with Crippen LogP contribution in [0.1, 0.15) is 38.1 Å². The number of aliphatic hydroxyl groups is 1. The molecule has 0 aromatic carbocycles. The molecule has 1 aromatic heterocycles. The molecule has 1 aliphatic rings. The molecule has 19 heavy (non-hydrogen) atoms. The van der Waals surface area contributed by atoms with Crippen molar-refractivity contribution in [3.63, 3.8) is 0 Å². The Kier molecular flexibility index (Phi) is 4.99. The van der Waals surface area contributed by atoms with Crippen molar-refractivity contribution in [2.75, 3.05) is 19.6 Å². The van der Waals surface area contributed by atoms with Gasteiger partial charge in [-0.05, 0) is 44.7 Å². The van der Waals surface area contributed by atoms with E-state index in [0.717, 1.165) is 43.4 Å². The number of nitrogens with zero attached hydrogens (tertiary/aromatic N) is 2. The van der Waals surface area contributed by atoms with Crippen LogP contribution in [0, 0.1) is 18.8 Å². The number of hydrogen-bond acceptors (Lipinski definition) is 3. The predicted octanol–water partition coefficient (Wildman–Crippen LogP) is 1.99. The van der Waals surface area contributed by atoms with Crippen LogP contribution in [0.2, 0.25) is 0 Å². The first kappa shape index (κ1) is 14.5. The molecule has 0 saturated carbocycles. The van der Waals surface area contributed by atoms with Crippen LogP contribution >= 0.6 is 0 Å². The van der Waals surface area contributed by atoms with E-state index in [4.69, 9.17) is 0 Å². The van der Waals surface area contributed by atoms with Crippen molar-refractivity contribution in [2.24, 2.45) is 11.8 Å². The number of aromatic nitrogens is 2. The van der Waals surface area contributed by atoms with E-state index in [-0.39, 0.29) is 6.10 Å². The molecule has 0 amide bonds. The maximum atomic E-state index is 10.2. The summed E-state index contributed by atoms with van der Waals surface area (Å²) in [5.41, 5.74) is 2.17. The van der Waals surface area contributed by atoms with Crippen molar-refractivity contribution in [3.05, 3.63) is 17.5 Å². The largest absolute Gasteiger partial charge is 0.391 e. The summed E-state index contributed by atoms with van der Waals surface area (Å²) in [6, 6.07) is 2.08. The fourth-order valence-corrected chi connectivity index (χ4v) is 2.90. The molecule has 2 atom stereocenters. The van der Waals surface area contributed by atoms with Crippen LogP contribution in [0.25, 0.3) is 0 Å². The summed E-state index contributed by atoms with van der Waals surface area (Å²) in [4.78, 5) is 2.40. The Morgan fingerprint density at radius 1 is 1.47 bits per heavy atom. The van der Waals surface area contributed by atoms with E-state index < -0.39 is 0 Å². The Balaban J connectivity index is 1.77.